The maximum Gasteiger partial charge on any atom is 0.242 e. The molecule has 0 unspecified atom stereocenters. The maximum absolute atomic E-state index is 14.4. The van der Waals surface area contributed by atoms with Crippen molar-refractivity contribution in [2.45, 2.75) is 12.1 Å². The molecule has 0 radical (unpaired) electrons. The molecule has 1 aliphatic heterocycles. The minimum Gasteiger partial charge on any atom is -0.468 e. The topological polar surface area (TPSA) is 58.0 Å². The smallest absolute Gasteiger partial charge is 0.242 e. The molecule has 1 saturated heterocycles. The van der Waals surface area contributed by atoms with Gasteiger partial charge in [0.25, 0.3) is 0 Å². The number of ether oxygens (including phenoxy) is 1. The first-order valence-electron chi connectivity index (χ1n) is 9.11. The van der Waals surface area contributed by atoms with Gasteiger partial charge in [0.15, 0.2) is 0 Å². The first-order valence-corrected chi connectivity index (χ1v) is 9.11. The monoisotopic (exact) mass is 375 g/mol. The lowest BCUT2D eigenvalue weighted by atomic mass is 10.0. The number of likely N-dealkylation sites (N-methyl/N-ethyl adjacent to an activating group) is 1. The lowest BCUT2D eigenvalue weighted by Crippen LogP contribution is -2.47. The molecule has 1 fully saturated rings. The van der Waals surface area contributed by atoms with Gasteiger partial charge in [-0.1, -0.05) is 18.2 Å². The highest BCUT2D eigenvalue weighted by atomic mass is 19.1. The number of amides is 1. The molecule has 7 heteroatoms. The highest BCUT2D eigenvalue weighted by molar-refractivity contribution is 5.83. The fourth-order valence-electron chi connectivity index (χ4n) is 3.35. The van der Waals surface area contributed by atoms with Crippen LogP contribution in [-0.2, 0) is 9.53 Å². The van der Waals surface area contributed by atoms with E-state index in [-0.39, 0.29) is 17.8 Å². The Kier molecular flexibility index (Phi) is 6.60. The van der Waals surface area contributed by atoms with Gasteiger partial charge in [0.1, 0.15) is 17.6 Å². The molecular formula is C20H26FN3O3. The quantitative estimate of drug-likeness (QED) is 0.804. The van der Waals surface area contributed by atoms with E-state index in [4.69, 9.17) is 9.15 Å². The summed E-state index contributed by atoms with van der Waals surface area (Å²) in [5.74, 6) is 0.175. The van der Waals surface area contributed by atoms with E-state index < -0.39 is 6.04 Å². The van der Waals surface area contributed by atoms with Crippen LogP contribution >= 0.6 is 0 Å². The van der Waals surface area contributed by atoms with E-state index in [1.807, 2.05) is 36.0 Å². The number of nitrogens with zero attached hydrogens (tertiary/aromatic N) is 2. The van der Waals surface area contributed by atoms with Crippen LogP contribution in [0.25, 0.3) is 0 Å². The lowest BCUT2D eigenvalue weighted by Gasteiger charge is -2.34. The van der Waals surface area contributed by atoms with Gasteiger partial charge in [-0.3, -0.25) is 14.6 Å². The summed E-state index contributed by atoms with van der Waals surface area (Å²) in [6.45, 7) is 2.61. The Morgan fingerprint density at radius 2 is 1.96 bits per heavy atom. The van der Waals surface area contributed by atoms with Gasteiger partial charge in [0, 0.05) is 25.2 Å². The van der Waals surface area contributed by atoms with E-state index in [1.54, 1.807) is 24.5 Å². The first-order chi connectivity index (χ1) is 13.1. The largest absolute Gasteiger partial charge is 0.468 e. The normalized spacial score (nSPS) is 17.6. The Bertz CT molecular complexity index is 730. The number of carbonyl (C=O) groups is 1. The molecule has 3 rings (SSSR count). The number of carbonyl (C=O) groups excluding carboxylic acids is 1. The summed E-state index contributed by atoms with van der Waals surface area (Å²) in [6, 6.07) is 9.37. The van der Waals surface area contributed by atoms with Crippen molar-refractivity contribution in [1.29, 1.82) is 0 Å². The van der Waals surface area contributed by atoms with Gasteiger partial charge in [-0.25, -0.2) is 4.39 Å². The fraction of sp³-hybridized carbons (Fsp3) is 0.450. The zero-order chi connectivity index (χ0) is 19.2. The average molecular weight is 375 g/mol. The number of halogens is 1. The number of morpholine rings is 1. The minimum absolute atomic E-state index is 0.102. The predicted molar refractivity (Wildman–Crippen MR) is 99.7 cm³/mol. The molecule has 1 aromatic heterocycles. The van der Waals surface area contributed by atoms with E-state index in [0.717, 1.165) is 5.76 Å². The maximum atomic E-state index is 14.4. The van der Waals surface area contributed by atoms with Gasteiger partial charge in [-0.2, -0.15) is 0 Å². The summed E-state index contributed by atoms with van der Waals surface area (Å²) in [6.07, 6.45) is 1.61. The first kappa shape index (κ1) is 19.5. The molecular weight excluding hydrogens is 349 g/mol. The third-order valence-corrected chi connectivity index (χ3v) is 4.82. The van der Waals surface area contributed by atoms with Crippen LogP contribution in [0.4, 0.5) is 4.39 Å². The van der Waals surface area contributed by atoms with Crippen LogP contribution in [0.2, 0.25) is 0 Å². The Morgan fingerprint density at radius 1 is 1.22 bits per heavy atom. The molecule has 1 aromatic carbocycles. The minimum atomic E-state index is -0.686. The van der Waals surface area contributed by atoms with Crippen molar-refractivity contribution in [3.63, 3.8) is 0 Å². The van der Waals surface area contributed by atoms with Crippen molar-refractivity contribution >= 4 is 5.91 Å². The lowest BCUT2D eigenvalue weighted by molar-refractivity contribution is -0.128. The van der Waals surface area contributed by atoms with Crippen molar-refractivity contribution in [3.8, 4) is 0 Å². The van der Waals surface area contributed by atoms with E-state index in [1.165, 1.54) is 6.07 Å². The zero-order valence-electron chi connectivity index (χ0n) is 15.7. The fourth-order valence-corrected chi connectivity index (χ4v) is 3.35. The molecule has 146 valence electrons. The summed E-state index contributed by atoms with van der Waals surface area (Å²) in [4.78, 5) is 17.0. The highest BCUT2D eigenvalue weighted by Gasteiger charge is 2.31. The van der Waals surface area contributed by atoms with Gasteiger partial charge in [-0.15, -0.1) is 0 Å². The summed E-state index contributed by atoms with van der Waals surface area (Å²) in [7, 11) is 3.85. The Labute approximate surface area is 158 Å². The number of hydrogen-bond acceptors (Lipinski definition) is 5. The van der Waals surface area contributed by atoms with E-state index in [2.05, 4.69) is 5.32 Å². The van der Waals surface area contributed by atoms with Crippen molar-refractivity contribution in [2.75, 3.05) is 46.9 Å². The summed E-state index contributed by atoms with van der Waals surface area (Å²) in [5.41, 5.74) is 0.385. The molecule has 1 aliphatic rings. The van der Waals surface area contributed by atoms with Gasteiger partial charge in [0.2, 0.25) is 5.91 Å². The summed E-state index contributed by atoms with van der Waals surface area (Å²) >= 11 is 0. The van der Waals surface area contributed by atoms with Crippen LogP contribution in [0, 0.1) is 5.82 Å². The second-order valence-electron chi connectivity index (χ2n) is 6.81. The Hall–Kier alpha value is -2.22. The number of furan rings is 1. The molecule has 0 aliphatic carbocycles. The molecule has 2 aromatic rings. The SMILES string of the molecule is CN(C)[C@H](CNC(=O)[C@H](c1ccccc1F)N1CCOCC1)c1ccco1. The van der Waals surface area contributed by atoms with E-state index >= 15 is 0 Å². The molecule has 0 bridgehead atoms. The summed E-state index contributed by atoms with van der Waals surface area (Å²) < 4.78 is 25.3. The number of nitrogens with one attached hydrogen (secondary N) is 1. The molecule has 2 heterocycles. The van der Waals surface area contributed by atoms with Crippen LogP contribution in [-0.4, -0.2) is 62.7 Å². The number of hydrogen-bond donors (Lipinski definition) is 1. The Morgan fingerprint density at radius 3 is 2.59 bits per heavy atom. The van der Waals surface area contributed by atoms with Gasteiger partial charge < -0.3 is 14.5 Å². The standard InChI is InChI=1S/C20H26FN3O3/c1-23(2)17(18-8-5-11-27-18)14-22-20(25)19(24-9-12-26-13-10-24)15-6-3-4-7-16(15)21/h3-8,11,17,19H,9-10,12-14H2,1-2H3,(H,22,25)/t17-,19+/m1/s1. The highest BCUT2D eigenvalue weighted by Crippen LogP contribution is 2.25. The predicted octanol–water partition coefficient (Wildman–Crippen LogP) is 2.21. The van der Waals surface area contributed by atoms with Crippen LogP contribution < -0.4 is 5.32 Å². The van der Waals surface area contributed by atoms with Crippen molar-refractivity contribution in [2.24, 2.45) is 0 Å². The van der Waals surface area contributed by atoms with Crippen molar-refractivity contribution < 1.29 is 18.3 Å². The molecule has 2 atom stereocenters. The molecule has 27 heavy (non-hydrogen) atoms. The Balaban J connectivity index is 1.77. The average Bonchev–Trinajstić information content (AvgIpc) is 3.19. The van der Waals surface area contributed by atoms with Gasteiger partial charge in [0.05, 0.1) is 25.5 Å². The third kappa shape index (κ3) is 4.74. The van der Waals surface area contributed by atoms with Gasteiger partial charge in [-0.05, 0) is 32.3 Å². The van der Waals surface area contributed by atoms with Crippen LogP contribution in [0.5, 0.6) is 0 Å². The van der Waals surface area contributed by atoms with Crippen molar-refractivity contribution in [3.05, 3.63) is 59.8 Å². The number of benzene rings is 1. The second-order valence-corrected chi connectivity index (χ2v) is 6.81. The van der Waals surface area contributed by atoms with Crippen molar-refractivity contribution in [1.82, 2.24) is 15.1 Å². The molecule has 6 nitrogen and oxygen atoms in total. The van der Waals surface area contributed by atoms with Crippen LogP contribution in [0.3, 0.4) is 0 Å². The zero-order valence-corrected chi connectivity index (χ0v) is 15.7. The van der Waals surface area contributed by atoms with Crippen LogP contribution in [0.1, 0.15) is 23.4 Å². The summed E-state index contributed by atoms with van der Waals surface area (Å²) in [5, 5.41) is 2.99. The van der Waals surface area contributed by atoms with E-state index in [9.17, 15) is 9.18 Å². The molecule has 0 spiro atoms. The molecule has 1 amide bonds. The third-order valence-electron chi connectivity index (χ3n) is 4.82. The molecule has 0 saturated carbocycles. The number of rotatable bonds is 7. The second kappa shape index (κ2) is 9.12. The molecule has 1 N–H and O–H groups in total. The van der Waals surface area contributed by atoms with Crippen LogP contribution in [0.15, 0.2) is 47.1 Å². The van der Waals surface area contributed by atoms with Gasteiger partial charge >= 0.3 is 0 Å². The van der Waals surface area contributed by atoms with E-state index in [0.29, 0.717) is 38.4 Å².